The molecule has 0 bridgehead atoms. The third-order valence-corrected chi connectivity index (χ3v) is 8.22. The molecule has 29 heavy (non-hydrogen) atoms. The van der Waals surface area contributed by atoms with Gasteiger partial charge in [-0.3, -0.25) is 4.90 Å². The van der Waals surface area contributed by atoms with Crippen molar-refractivity contribution < 1.29 is 13.2 Å². The number of hydrogen-bond acceptors (Lipinski definition) is 6. The van der Waals surface area contributed by atoms with Crippen LogP contribution in [0.1, 0.15) is 26.3 Å². The highest BCUT2D eigenvalue weighted by Crippen LogP contribution is 2.30. The fourth-order valence-corrected chi connectivity index (χ4v) is 5.08. The summed E-state index contributed by atoms with van der Waals surface area (Å²) in [5.41, 5.74) is 2.25. The smallest absolute Gasteiger partial charge is 0.200 e. The molecule has 6 nitrogen and oxygen atoms in total. The number of aromatic nitrogens is 1. The summed E-state index contributed by atoms with van der Waals surface area (Å²) in [4.78, 5) is 9.03. The summed E-state index contributed by atoms with van der Waals surface area (Å²) in [7, 11) is -3.44. The molecule has 0 amide bonds. The van der Waals surface area contributed by atoms with Crippen LogP contribution in [0.5, 0.6) is 0 Å². The minimum atomic E-state index is -3.44. The summed E-state index contributed by atoms with van der Waals surface area (Å²) in [5, 5.41) is 0.132. The lowest BCUT2D eigenvalue weighted by atomic mass is 10.1. The zero-order valence-corrected chi connectivity index (χ0v) is 18.1. The summed E-state index contributed by atoms with van der Waals surface area (Å²) in [6, 6.07) is 14.3. The average Bonchev–Trinajstić information content (AvgIpc) is 3.13. The number of rotatable bonds is 4. The molecule has 156 valence electrons. The predicted octanol–water partition coefficient (Wildman–Crippen LogP) is 2.74. The van der Waals surface area contributed by atoms with Crippen molar-refractivity contribution in [3.05, 3.63) is 54.2 Å². The number of nitrogens with zero attached hydrogens (tertiary/aromatic N) is 3. The second-order valence-corrected chi connectivity index (χ2v) is 11.5. The van der Waals surface area contributed by atoms with E-state index in [1.54, 1.807) is 33.0 Å². The highest BCUT2D eigenvalue weighted by atomic mass is 32.2. The molecule has 2 fully saturated rings. The van der Waals surface area contributed by atoms with Gasteiger partial charge in [0.2, 0.25) is 0 Å². The molecule has 4 rings (SSSR count). The third kappa shape index (κ3) is 4.04. The Morgan fingerprint density at radius 2 is 1.86 bits per heavy atom. The Morgan fingerprint density at radius 1 is 1.10 bits per heavy atom. The minimum Gasteiger partial charge on any atom is -0.373 e. The molecule has 0 saturated carbocycles. The van der Waals surface area contributed by atoms with Gasteiger partial charge in [0, 0.05) is 26.2 Å². The van der Waals surface area contributed by atoms with Gasteiger partial charge in [0.05, 0.1) is 35.4 Å². The third-order valence-electron chi connectivity index (χ3n) is 5.81. The average molecular weight is 416 g/mol. The molecule has 0 N–H and O–H groups in total. The van der Waals surface area contributed by atoms with Gasteiger partial charge in [-0.05, 0) is 38.5 Å². The Labute approximate surface area is 173 Å². The lowest BCUT2D eigenvalue weighted by molar-refractivity contribution is -0.0499. The van der Waals surface area contributed by atoms with Gasteiger partial charge in [-0.15, -0.1) is 0 Å². The number of anilines is 1. The molecule has 2 atom stereocenters. The molecule has 3 heterocycles. The van der Waals surface area contributed by atoms with Gasteiger partial charge >= 0.3 is 0 Å². The molecule has 1 aromatic heterocycles. The molecule has 0 aliphatic carbocycles. The van der Waals surface area contributed by atoms with Gasteiger partial charge in [0.25, 0.3) is 0 Å². The van der Waals surface area contributed by atoms with Crippen molar-refractivity contribution in [2.75, 3.05) is 31.1 Å². The highest BCUT2D eigenvalue weighted by molar-refractivity contribution is 7.92. The lowest BCUT2D eigenvalue weighted by Crippen LogP contribution is -2.50. The van der Waals surface area contributed by atoms with Gasteiger partial charge in [-0.25, -0.2) is 13.4 Å². The van der Waals surface area contributed by atoms with Gasteiger partial charge < -0.3 is 9.64 Å². The topological polar surface area (TPSA) is 62.7 Å². The second kappa shape index (κ2) is 7.70. The van der Waals surface area contributed by atoms with E-state index in [1.807, 2.05) is 12.1 Å². The summed E-state index contributed by atoms with van der Waals surface area (Å²) < 4.78 is 30.4. The number of morpholine rings is 1. The van der Waals surface area contributed by atoms with Gasteiger partial charge in [0.15, 0.2) is 14.9 Å². The maximum absolute atomic E-state index is 12.6. The van der Waals surface area contributed by atoms with Crippen molar-refractivity contribution in [3.63, 3.8) is 0 Å². The van der Waals surface area contributed by atoms with Crippen LogP contribution in [-0.4, -0.2) is 61.4 Å². The van der Waals surface area contributed by atoms with Crippen molar-refractivity contribution in [1.82, 2.24) is 9.88 Å². The fraction of sp³-hybridized carbons (Fsp3) is 0.500. The quantitative estimate of drug-likeness (QED) is 0.765. The van der Waals surface area contributed by atoms with Crippen molar-refractivity contribution in [2.45, 2.75) is 49.2 Å². The molecule has 1 aromatic carbocycles. The van der Waals surface area contributed by atoms with Gasteiger partial charge in [0.1, 0.15) is 0 Å². The van der Waals surface area contributed by atoms with Crippen LogP contribution >= 0.6 is 0 Å². The standard InChI is InChI=1S/C22H29N3O3S/c1-22(2,3)29(26,27)21-10-9-18(13-23-21)25-15-19-20(16-25)28-12-11-24(19)14-17-7-5-4-6-8-17/h4-10,13,19-20H,11-12,14-16H2,1-3H3. The summed E-state index contributed by atoms with van der Waals surface area (Å²) in [5.74, 6) is 0. The summed E-state index contributed by atoms with van der Waals surface area (Å²) >= 11 is 0. The zero-order chi connectivity index (χ0) is 20.6. The Bertz CT molecular complexity index is 940. The lowest BCUT2D eigenvalue weighted by Gasteiger charge is -2.36. The Balaban J connectivity index is 1.49. The van der Waals surface area contributed by atoms with Gasteiger partial charge in [-0.2, -0.15) is 0 Å². The first-order valence-corrected chi connectivity index (χ1v) is 11.6. The van der Waals surface area contributed by atoms with Crippen LogP contribution in [0.25, 0.3) is 0 Å². The fourth-order valence-electron chi connectivity index (χ4n) is 4.02. The molecule has 2 saturated heterocycles. The van der Waals surface area contributed by atoms with E-state index in [0.29, 0.717) is 6.04 Å². The number of ether oxygens (including phenoxy) is 1. The van der Waals surface area contributed by atoms with E-state index in [9.17, 15) is 8.42 Å². The molecule has 2 unspecified atom stereocenters. The first-order chi connectivity index (χ1) is 13.8. The largest absolute Gasteiger partial charge is 0.373 e. The van der Waals surface area contributed by atoms with Crippen molar-refractivity contribution in [3.8, 4) is 0 Å². The predicted molar refractivity (Wildman–Crippen MR) is 114 cm³/mol. The molecule has 0 spiro atoms. The van der Waals surface area contributed by atoms with E-state index in [2.05, 4.69) is 39.0 Å². The zero-order valence-electron chi connectivity index (χ0n) is 17.3. The van der Waals surface area contributed by atoms with Crippen LogP contribution in [0.2, 0.25) is 0 Å². The molecule has 2 aromatic rings. The normalized spacial score (nSPS) is 23.2. The van der Waals surface area contributed by atoms with Gasteiger partial charge in [-0.1, -0.05) is 30.3 Å². The molecular weight excluding hydrogens is 386 g/mol. The first kappa shape index (κ1) is 20.3. The van der Waals surface area contributed by atoms with Crippen LogP contribution in [0, 0.1) is 0 Å². The SMILES string of the molecule is CC(C)(C)S(=O)(=O)c1ccc(N2CC3OCCN(Cc4ccccc4)C3C2)cn1. The molecule has 7 heteroatoms. The minimum absolute atomic E-state index is 0.132. The highest BCUT2D eigenvalue weighted by Gasteiger charge is 2.40. The maximum atomic E-state index is 12.6. The number of pyridine rings is 1. The number of sulfone groups is 1. The molecule has 2 aliphatic rings. The maximum Gasteiger partial charge on any atom is 0.200 e. The van der Waals surface area contributed by atoms with E-state index in [0.717, 1.165) is 38.5 Å². The summed E-state index contributed by atoms with van der Waals surface area (Å²) in [6.07, 6.45) is 1.84. The van der Waals surface area contributed by atoms with Crippen molar-refractivity contribution >= 4 is 15.5 Å². The van der Waals surface area contributed by atoms with Crippen LogP contribution in [0.15, 0.2) is 53.7 Å². The Hall–Kier alpha value is -1.96. The van der Waals surface area contributed by atoms with E-state index >= 15 is 0 Å². The Morgan fingerprint density at radius 3 is 2.52 bits per heavy atom. The number of fused-ring (bicyclic) bond motifs is 1. The van der Waals surface area contributed by atoms with Crippen LogP contribution in [0.4, 0.5) is 5.69 Å². The van der Waals surface area contributed by atoms with E-state index in [-0.39, 0.29) is 11.1 Å². The van der Waals surface area contributed by atoms with E-state index in [4.69, 9.17) is 4.74 Å². The van der Waals surface area contributed by atoms with E-state index < -0.39 is 14.6 Å². The van der Waals surface area contributed by atoms with E-state index in [1.165, 1.54) is 5.56 Å². The van der Waals surface area contributed by atoms with Crippen molar-refractivity contribution in [2.24, 2.45) is 0 Å². The van der Waals surface area contributed by atoms with Crippen LogP contribution in [-0.2, 0) is 21.1 Å². The summed E-state index contributed by atoms with van der Waals surface area (Å²) in [6.45, 7) is 9.31. The molecular formula is C22H29N3O3S. The number of benzene rings is 1. The monoisotopic (exact) mass is 415 g/mol. The van der Waals surface area contributed by atoms with Crippen LogP contribution < -0.4 is 4.90 Å². The molecule has 2 aliphatic heterocycles. The van der Waals surface area contributed by atoms with Crippen LogP contribution in [0.3, 0.4) is 0 Å². The number of hydrogen-bond donors (Lipinski definition) is 0. The van der Waals surface area contributed by atoms with Crippen molar-refractivity contribution in [1.29, 1.82) is 0 Å². The molecule has 0 radical (unpaired) electrons. The first-order valence-electron chi connectivity index (χ1n) is 10.1. The Kier molecular flexibility index (Phi) is 5.40. The second-order valence-electron chi connectivity index (χ2n) is 8.81.